The zero-order chi connectivity index (χ0) is 86.9. The molecule has 120 heavy (non-hydrogen) atoms. The molecule has 28 atom stereocenters. The van der Waals surface area contributed by atoms with Crippen LogP contribution in [0.5, 0.6) is 0 Å². The van der Waals surface area contributed by atoms with Gasteiger partial charge in [-0.15, -0.1) is 0 Å². The zero-order valence-electron chi connectivity index (χ0n) is 78.4. The van der Waals surface area contributed by atoms with Gasteiger partial charge in [0.1, 0.15) is 30.7 Å². The topological polar surface area (TPSA) is 209 Å². The van der Waals surface area contributed by atoms with Crippen LogP contribution in [0, 0.1) is 132 Å². The second-order valence-corrected chi connectivity index (χ2v) is 44.2. The first kappa shape index (κ1) is 96.8. The van der Waals surface area contributed by atoms with Crippen molar-refractivity contribution >= 4 is 30.2 Å². The van der Waals surface area contributed by atoms with Crippen molar-refractivity contribution < 1.29 is 67.3 Å². The van der Waals surface area contributed by atoms with Crippen molar-refractivity contribution in [1.29, 1.82) is 0 Å². The number of aliphatic hydroxyl groups excluding tert-OH is 2. The van der Waals surface area contributed by atoms with Crippen LogP contribution in [0.3, 0.4) is 0 Å². The minimum absolute atomic E-state index is 0.00472. The Morgan fingerprint density at radius 2 is 0.683 bits per heavy atom. The molecule has 15 fully saturated rings. The average molecular weight is 1680 g/mol. The van der Waals surface area contributed by atoms with Crippen LogP contribution in [-0.2, 0) is 57.1 Å². The number of hydrogen-bond donors (Lipinski definition) is 3. The molecular formula is C103H171N3O14. The molecule has 0 amide bonds. The van der Waals surface area contributed by atoms with Crippen LogP contribution in [-0.4, -0.2) is 179 Å². The first-order chi connectivity index (χ1) is 56.9. The van der Waals surface area contributed by atoms with E-state index in [1.54, 1.807) is 27.7 Å². The van der Waals surface area contributed by atoms with Crippen LogP contribution in [0.15, 0.2) is 48.6 Å². The Morgan fingerprint density at radius 3 is 0.967 bits per heavy atom. The van der Waals surface area contributed by atoms with E-state index >= 15 is 0 Å². The maximum Gasteiger partial charge on any atom is 0.302 e. The lowest BCUT2D eigenvalue weighted by atomic mass is 9.50. The van der Waals surface area contributed by atoms with Gasteiger partial charge in [0.15, 0.2) is 0 Å². The molecule has 0 radical (unpaired) electrons. The van der Waals surface area contributed by atoms with Gasteiger partial charge in [0.25, 0.3) is 0 Å². The summed E-state index contributed by atoms with van der Waals surface area (Å²) < 4.78 is 40.5. The molecular weight excluding hydrogens is 1500 g/mol. The monoisotopic (exact) mass is 1670 g/mol. The normalized spacial score (nSPS) is 43.9. The Balaban J connectivity index is 0.000000153. The number of carbonyl (C=O) groups excluding carboxylic acids is 5. The SMILES string of the molecule is C1COCCN1.C=C1CC[C@H]2[C@H](OC(C)=O)[C@@H]([C@@]3(C)CC[C@H](C)C[C@@H]3CC=O)CC[C@]12C.C=C1CC[C@H]2[C@H](OC(C)=O)[C@@H]([C@@]3(C)CC[C@H](C)C[C@@H]3CCN3CCOCC3)CC[C@]12C.C=C1CC[C@H]2[C@H](OC(C)=O)[C@@H]([C@@]3(C)CC[C@H](C)C[C@@H]3CCO)CC[C@]12C.C=C1CC[C@H]2[C@H](OC(C)=O)[C@@H]([C@@]3(C)CC[C@H](O)C[C@@H]3CCN3CCOCC3)CC[C@]12C. The summed E-state index contributed by atoms with van der Waals surface area (Å²) in [6.07, 6.45) is 36.3. The molecule has 0 bridgehead atoms. The van der Waals surface area contributed by atoms with Crippen LogP contribution in [0.2, 0.25) is 0 Å². The maximum atomic E-state index is 12.2. The Labute approximate surface area is 727 Å². The van der Waals surface area contributed by atoms with Crippen LogP contribution in [0.1, 0.15) is 309 Å². The Kier molecular flexibility index (Phi) is 33.5. The van der Waals surface area contributed by atoms with Crippen LogP contribution in [0.4, 0.5) is 0 Å². The Bertz CT molecular complexity index is 3330. The predicted octanol–water partition coefficient (Wildman–Crippen LogP) is 19.7. The molecule has 17 nitrogen and oxygen atoms in total. The standard InChI is InChI=1S/C27H45NO3.C26H43NO4.C23H38O3.C23H36O3.C4H9NO/c1-19-8-11-27(5,22(18-19)10-13-28-14-16-30-17-15-28)24-9-12-26(4)20(2)6-7-23(26)25(24)31-21(3)29;1-18-5-6-22-24(31-19(2)28)23(8-11-25(18,22)3)26(4)10-7-21(29)17-20(26)9-12-27-13-15-30-16-14-27;2*1-15-8-11-23(5,18(14-15)10-13-24)20-9-12-22(4)16(2)6-7-19(22)21(20)26-17(3)25;1-3-6-4-2-5-1/h19,22-25H,2,6-18H2,1,3-5H3;20-24,29H,1,5-17H2,2-4H3;15,18-21,24H,2,6-14H2,1,3-5H3;13,15,18-21H,2,6-12,14H2,1,3-5H3;5H,1-4H2/t19-,22-,23-,24-,25-,26+,27-;20-,21-,22-,23-,24-,25+,26-;2*15-,18-,19-,20-,21-,22+,23-;/m0000./s1. The summed E-state index contributed by atoms with van der Waals surface area (Å²) in [7, 11) is 0. The predicted molar refractivity (Wildman–Crippen MR) is 478 cm³/mol. The van der Waals surface area contributed by atoms with Crippen molar-refractivity contribution in [3.05, 3.63) is 48.6 Å². The molecule has 3 saturated heterocycles. The van der Waals surface area contributed by atoms with Crippen LogP contribution in [0.25, 0.3) is 0 Å². The third kappa shape index (κ3) is 21.3. The molecule has 0 spiro atoms. The number of aliphatic hydroxyl groups is 2. The number of morpholine rings is 3. The van der Waals surface area contributed by atoms with Gasteiger partial charge in [0.2, 0.25) is 0 Å². The second-order valence-electron chi connectivity index (χ2n) is 44.2. The summed E-state index contributed by atoms with van der Waals surface area (Å²) in [6, 6.07) is 0. The molecule has 682 valence electrons. The van der Waals surface area contributed by atoms with Gasteiger partial charge in [-0.3, -0.25) is 29.0 Å². The number of nitrogens with zero attached hydrogens (tertiary/aromatic N) is 2. The summed E-state index contributed by atoms with van der Waals surface area (Å²) in [5, 5.41) is 23.4. The molecule has 0 unspecified atom stereocenters. The molecule has 15 rings (SSSR count). The highest BCUT2D eigenvalue weighted by Gasteiger charge is 2.63. The Hall–Kier alpha value is -3.81. The van der Waals surface area contributed by atoms with E-state index in [0.717, 1.165) is 238 Å². The minimum Gasteiger partial charge on any atom is -0.462 e. The molecule has 12 aliphatic carbocycles. The number of hydrogen-bond acceptors (Lipinski definition) is 17. The number of aldehydes is 1. The van der Waals surface area contributed by atoms with Gasteiger partial charge < -0.3 is 53.5 Å². The van der Waals surface area contributed by atoms with E-state index in [1.165, 1.54) is 93.0 Å². The van der Waals surface area contributed by atoms with Gasteiger partial charge in [-0.25, -0.2) is 0 Å². The van der Waals surface area contributed by atoms with Crippen molar-refractivity contribution in [2.24, 2.45) is 132 Å². The van der Waals surface area contributed by atoms with E-state index in [0.29, 0.717) is 83.4 Å². The van der Waals surface area contributed by atoms with Crippen LogP contribution >= 0.6 is 0 Å². The van der Waals surface area contributed by atoms with Crippen molar-refractivity contribution in [3.63, 3.8) is 0 Å². The van der Waals surface area contributed by atoms with E-state index in [4.69, 9.17) is 33.2 Å². The molecule has 15 aliphatic rings. The highest BCUT2D eigenvalue weighted by molar-refractivity contribution is 5.67. The van der Waals surface area contributed by atoms with Crippen LogP contribution < -0.4 is 5.32 Å². The molecule has 17 heteroatoms. The van der Waals surface area contributed by atoms with Gasteiger partial charge in [-0.1, -0.05) is 144 Å². The van der Waals surface area contributed by atoms with E-state index in [9.17, 15) is 34.2 Å². The Morgan fingerprint density at radius 1 is 0.400 bits per heavy atom. The third-order valence-electron chi connectivity index (χ3n) is 37.6. The number of carbonyl (C=O) groups is 5. The fourth-order valence-corrected chi connectivity index (χ4v) is 29.3. The zero-order valence-corrected chi connectivity index (χ0v) is 78.4. The lowest BCUT2D eigenvalue weighted by Gasteiger charge is -2.56. The third-order valence-corrected chi connectivity index (χ3v) is 37.6. The quantitative estimate of drug-likeness (QED) is 0.0504. The first-order valence-electron chi connectivity index (χ1n) is 48.9. The van der Waals surface area contributed by atoms with Gasteiger partial charge in [-0.2, -0.15) is 0 Å². The lowest BCUT2D eigenvalue weighted by Crippen LogP contribution is -2.54. The van der Waals surface area contributed by atoms with Crippen molar-refractivity contribution in [2.75, 3.05) is 98.6 Å². The largest absolute Gasteiger partial charge is 0.462 e. The minimum atomic E-state index is -0.199. The van der Waals surface area contributed by atoms with E-state index in [1.807, 2.05) is 0 Å². The molecule has 0 aromatic rings. The summed E-state index contributed by atoms with van der Waals surface area (Å²) in [4.78, 5) is 64.9. The number of allylic oxidation sites excluding steroid dienone is 4. The highest BCUT2D eigenvalue weighted by atomic mass is 16.6. The summed E-state index contributed by atoms with van der Waals surface area (Å²) in [6.45, 7) is 64.0. The van der Waals surface area contributed by atoms with Gasteiger partial charge in [0, 0.05) is 127 Å². The van der Waals surface area contributed by atoms with Crippen molar-refractivity contribution in [3.8, 4) is 0 Å². The number of rotatable bonds is 18. The summed E-state index contributed by atoms with van der Waals surface area (Å²) in [5.41, 5.74) is 6.50. The molecule has 0 aromatic heterocycles. The van der Waals surface area contributed by atoms with E-state index < -0.39 is 0 Å². The number of fused-ring (bicyclic) bond motifs is 4. The van der Waals surface area contributed by atoms with E-state index in [2.05, 4.69) is 118 Å². The number of esters is 4. The van der Waals surface area contributed by atoms with E-state index in [-0.39, 0.29) is 104 Å². The fourth-order valence-electron chi connectivity index (χ4n) is 29.3. The second kappa shape index (κ2) is 41.5. The lowest BCUT2D eigenvalue weighted by molar-refractivity contribution is -0.174. The van der Waals surface area contributed by atoms with Crippen molar-refractivity contribution in [1.82, 2.24) is 15.1 Å². The summed E-state index contributed by atoms with van der Waals surface area (Å²) >= 11 is 0. The smallest absolute Gasteiger partial charge is 0.302 e. The fraction of sp³-hybridized carbons (Fsp3) is 0.874. The number of nitrogens with one attached hydrogen (secondary N) is 1. The average Bonchev–Trinajstić information content (AvgIpc) is 1.46. The maximum absolute atomic E-state index is 12.2. The molecule has 12 saturated carbocycles. The van der Waals surface area contributed by atoms with Gasteiger partial charge in [0.05, 0.1) is 45.7 Å². The molecule has 3 aliphatic heterocycles. The highest BCUT2D eigenvalue weighted by Crippen LogP contribution is 2.68. The molecule has 0 aromatic carbocycles. The van der Waals surface area contributed by atoms with Crippen molar-refractivity contribution in [2.45, 2.75) is 340 Å². The molecule has 3 N–H and O–H groups in total. The van der Waals surface area contributed by atoms with Gasteiger partial charge in [-0.05, 0) is 278 Å². The first-order valence-corrected chi connectivity index (χ1v) is 48.9. The van der Waals surface area contributed by atoms with Gasteiger partial charge >= 0.3 is 23.9 Å². The number of ether oxygens (including phenoxy) is 7. The molecule has 3 heterocycles. The summed E-state index contributed by atoms with van der Waals surface area (Å²) in [5.74, 6) is 6.94.